The molecule has 1 heterocycles. The van der Waals surface area contributed by atoms with Gasteiger partial charge in [-0.15, -0.1) is 0 Å². The number of benzene rings is 1. The molecule has 1 aromatic heterocycles. The van der Waals surface area contributed by atoms with Gasteiger partial charge in [0.1, 0.15) is 5.82 Å². The van der Waals surface area contributed by atoms with Crippen molar-refractivity contribution in [2.24, 2.45) is 0 Å². The largest absolute Gasteiger partial charge is 0.478 e. The Morgan fingerprint density at radius 2 is 2.29 bits per heavy atom. The normalized spacial score (nSPS) is 11.4. The van der Waals surface area contributed by atoms with Crippen LogP contribution in [0, 0.1) is 6.92 Å². The van der Waals surface area contributed by atoms with Gasteiger partial charge in [0, 0.05) is 12.6 Å². The predicted molar refractivity (Wildman–Crippen MR) is 66.8 cm³/mol. The Hall–Kier alpha value is -2.10. The molecule has 2 aromatic rings. The highest BCUT2D eigenvalue weighted by atomic mass is 16.4. The molecule has 4 nitrogen and oxygen atoms in total. The van der Waals surface area contributed by atoms with E-state index in [4.69, 9.17) is 5.11 Å². The van der Waals surface area contributed by atoms with Crippen LogP contribution in [0.25, 0.3) is 17.1 Å². The molecule has 0 saturated carbocycles. The maximum atomic E-state index is 10.5. The van der Waals surface area contributed by atoms with Crippen LogP contribution in [0.5, 0.6) is 0 Å². The summed E-state index contributed by atoms with van der Waals surface area (Å²) in [6.45, 7) is 4.81. The molecular formula is C13H14N2O2. The smallest absolute Gasteiger partial charge is 0.328 e. The van der Waals surface area contributed by atoms with Gasteiger partial charge in [-0.25, -0.2) is 9.78 Å². The first-order valence-corrected chi connectivity index (χ1v) is 5.49. The Morgan fingerprint density at radius 3 is 2.94 bits per heavy atom. The van der Waals surface area contributed by atoms with E-state index in [1.54, 1.807) is 0 Å². The van der Waals surface area contributed by atoms with Gasteiger partial charge in [0.25, 0.3) is 0 Å². The van der Waals surface area contributed by atoms with Crippen LogP contribution >= 0.6 is 0 Å². The lowest BCUT2D eigenvalue weighted by Gasteiger charge is -2.02. The minimum absolute atomic E-state index is 0.676. The summed E-state index contributed by atoms with van der Waals surface area (Å²) in [7, 11) is 0. The second-order valence-corrected chi connectivity index (χ2v) is 3.88. The van der Waals surface area contributed by atoms with Gasteiger partial charge >= 0.3 is 5.97 Å². The summed E-state index contributed by atoms with van der Waals surface area (Å²) in [5.74, 6) is -0.286. The van der Waals surface area contributed by atoms with Crippen molar-refractivity contribution >= 4 is 23.1 Å². The molecule has 0 amide bonds. The van der Waals surface area contributed by atoms with E-state index in [9.17, 15) is 4.79 Å². The fourth-order valence-corrected chi connectivity index (χ4v) is 1.86. The van der Waals surface area contributed by atoms with E-state index in [1.165, 1.54) is 11.6 Å². The molecule has 0 aliphatic rings. The maximum absolute atomic E-state index is 10.5. The molecule has 0 spiro atoms. The van der Waals surface area contributed by atoms with Gasteiger partial charge in [-0.05, 0) is 37.6 Å². The van der Waals surface area contributed by atoms with E-state index in [2.05, 4.69) is 11.1 Å². The van der Waals surface area contributed by atoms with Crippen molar-refractivity contribution < 1.29 is 9.90 Å². The molecular weight excluding hydrogens is 216 g/mol. The highest BCUT2D eigenvalue weighted by molar-refractivity contribution is 5.86. The second kappa shape index (κ2) is 4.41. The molecule has 0 radical (unpaired) electrons. The Labute approximate surface area is 99.2 Å². The van der Waals surface area contributed by atoms with E-state index in [0.29, 0.717) is 5.82 Å². The first-order chi connectivity index (χ1) is 8.11. The summed E-state index contributed by atoms with van der Waals surface area (Å²) in [6, 6.07) is 6.01. The van der Waals surface area contributed by atoms with E-state index in [0.717, 1.165) is 23.7 Å². The van der Waals surface area contributed by atoms with Crippen LogP contribution in [0.3, 0.4) is 0 Å². The van der Waals surface area contributed by atoms with Crippen LogP contribution in [0.15, 0.2) is 24.3 Å². The van der Waals surface area contributed by atoms with Crippen molar-refractivity contribution in [1.82, 2.24) is 9.55 Å². The summed E-state index contributed by atoms with van der Waals surface area (Å²) >= 11 is 0. The van der Waals surface area contributed by atoms with Gasteiger partial charge < -0.3 is 9.67 Å². The third-order valence-electron chi connectivity index (χ3n) is 2.62. The molecule has 1 N–H and O–H groups in total. The Morgan fingerprint density at radius 1 is 1.53 bits per heavy atom. The number of carboxylic acid groups (broad SMARTS) is 1. The Kier molecular flexibility index (Phi) is 2.95. The molecule has 0 aliphatic carbocycles. The van der Waals surface area contributed by atoms with Gasteiger partial charge in [0.05, 0.1) is 11.0 Å². The molecule has 0 aliphatic heterocycles. The lowest BCUT2D eigenvalue weighted by atomic mass is 10.2. The van der Waals surface area contributed by atoms with Crippen LogP contribution in [0.2, 0.25) is 0 Å². The number of aliphatic carboxylic acids is 1. The quantitative estimate of drug-likeness (QED) is 0.824. The lowest BCUT2D eigenvalue weighted by molar-refractivity contribution is -0.131. The zero-order valence-corrected chi connectivity index (χ0v) is 9.84. The maximum Gasteiger partial charge on any atom is 0.328 e. The Balaban J connectivity index is 2.60. The number of hydrogen-bond acceptors (Lipinski definition) is 2. The summed E-state index contributed by atoms with van der Waals surface area (Å²) in [5, 5.41) is 8.63. The minimum atomic E-state index is -0.962. The summed E-state index contributed by atoms with van der Waals surface area (Å²) in [4.78, 5) is 14.9. The SMILES string of the molecule is CCn1c(/C=C/C(=O)O)nc2ccc(C)cc21. The molecule has 1 aromatic carbocycles. The average Bonchev–Trinajstić information content (AvgIpc) is 2.63. The molecule has 0 fully saturated rings. The molecule has 0 atom stereocenters. The fourth-order valence-electron chi connectivity index (χ4n) is 1.86. The topological polar surface area (TPSA) is 55.1 Å². The summed E-state index contributed by atoms with van der Waals surface area (Å²) < 4.78 is 2.00. The highest BCUT2D eigenvalue weighted by Gasteiger charge is 2.07. The van der Waals surface area contributed by atoms with Crippen LogP contribution in [-0.4, -0.2) is 20.6 Å². The minimum Gasteiger partial charge on any atom is -0.478 e. The van der Waals surface area contributed by atoms with E-state index < -0.39 is 5.97 Å². The molecule has 17 heavy (non-hydrogen) atoms. The standard InChI is InChI=1S/C13H14N2O2/c1-3-15-11-8-9(2)4-5-10(11)14-12(15)6-7-13(16)17/h4-8H,3H2,1-2H3,(H,16,17)/b7-6+. The van der Waals surface area contributed by atoms with Crippen molar-refractivity contribution in [2.75, 3.05) is 0 Å². The number of fused-ring (bicyclic) bond motifs is 1. The van der Waals surface area contributed by atoms with Gasteiger partial charge in [0.15, 0.2) is 0 Å². The number of aryl methyl sites for hydroxylation is 2. The van der Waals surface area contributed by atoms with Crippen LogP contribution in [0.1, 0.15) is 18.3 Å². The van der Waals surface area contributed by atoms with Crippen LogP contribution in [-0.2, 0) is 11.3 Å². The highest BCUT2D eigenvalue weighted by Crippen LogP contribution is 2.18. The second-order valence-electron chi connectivity index (χ2n) is 3.88. The number of aromatic nitrogens is 2. The van der Waals surface area contributed by atoms with E-state index >= 15 is 0 Å². The zero-order valence-electron chi connectivity index (χ0n) is 9.84. The number of rotatable bonds is 3. The number of hydrogen-bond donors (Lipinski definition) is 1. The monoisotopic (exact) mass is 230 g/mol. The van der Waals surface area contributed by atoms with E-state index in [1.807, 2.05) is 30.5 Å². The van der Waals surface area contributed by atoms with Crippen LogP contribution < -0.4 is 0 Å². The molecule has 2 rings (SSSR count). The van der Waals surface area contributed by atoms with Gasteiger partial charge in [0.2, 0.25) is 0 Å². The third-order valence-corrected chi connectivity index (χ3v) is 2.62. The van der Waals surface area contributed by atoms with Gasteiger partial charge in [-0.3, -0.25) is 0 Å². The lowest BCUT2D eigenvalue weighted by Crippen LogP contribution is -1.97. The first kappa shape index (κ1) is 11.4. The molecule has 4 heteroatoms. The first-order valence-electron chi connectivity index (χ1n) is 5.49. The fraction of sp³-hybridized carbons (Fsp3) is 0.231. The number of imidazole rings is 1. The average molecular weight is 230 g/mol. The van der Waals surface area contributed by atoms with Crippen molar-refractivity contribution in [3.8, 4) is 0 Å². The predicted octanol–water partition coefficient (Wildman–Crippen LogP) is 2.46. The van der Waals surface area contributed by atoms with Crippen molar-refractivity contribution in [3.05, 3.63) is 35.7 Å². The molecule has 0 saturated heterocycles. The van der Waals surface area contributed by atoms with Crippen molar-refractivity contribution in [3.63, 3.8) is 0 Å². The number of carbonyl (C=O) groups is 1. The van der Waals surface area contributed by atoms with E-state index in [-0.39, 0.29) is 0 Å². The summed E-state index contributed by atoms with van der Waals surface area (Å²) in [6.07, 6.45) is 2.64. The van der Waals surface area contributed by atoms with Crippen molar-refractivity contribution in [2.45, 2.75) is 20.4 Å². The zero-order chi connectivity index (χ0) is 12.4. The van der Waals surface area contributed by atoms with Gasteiger partial charge in [-0.1, -0.05) is 6.07 Å². The van der Waals surface area contributed by atoms with Crippen LogP contribution in [0.4, 0.5) is 0 Å². The number of carboxylic acids is 1. The molecule has 0 bridgehead atoms. The third kappa shape index (κ3) is 2.20. The Bertz CT molecular complexity index is 597. The number of nitrogens with zero attached hydrogens (tertiary/aromatic N) is 2. The molecule has 0 unspecified atom stereocenters. The van der Waals surface area contributed by atoms with Gasteiger partial charge in [-0.2, -0.15) is 0 Å². The summed E-state index contributed by atoms with van der Waals surface area (Å²) in [5.41, 5.74) is 3.10. The molecule has 88 valence electrons. The van der Waals surface area contributed by atoms with Crippen molar-refractivity contribution in [1.29, 1.82) is 0 Å².